The van der Waals surface area contributed by atoms with Gasteiger partial charge in [0, 0.05) is 0 Å². The van der Waals surface area contributed by atoms with Gasteiger partial charge in [0.1, 0.15) is 5.88 Å². The Balaban J connectivity index is 3.08. The lowest BCUT2D eigenvalue weighted by Crippen LogP contribution is -2.50. The first-order valence-corrected chi connectivity index (χ1v) is 5.80. The number of carbonyl (C=O) groups excluding carboxylic acids is 1. The molecule has 0 radical (unpaired) electrons. The van der Waals surface area contributed by atoms with Gasteiger partial charge in [-0.15, -0.1) is 21.8 Å². The van der Waals surface area contributed by atoms with Crippen molar-refractivity contribution in [3.05, 3.63) is 5.01 Å². The number of aromatic nitrogens is 2. The van der Waals surface area contributed by atoms with Crippen LogP contribution in [0.5, 0.6) is 0 Å². The van der Waals surface area contributed by atoms with Crippen molar-refractivity contribution in [3.63, 3.8) is 0 Å². The lowest BCUT2D eigenvalue weighted by molar-refractivity contribution is -0.359. The van der Waals surface area contributed by atoms with E-state index in [0.29, 0.717) is 0 Å². The summed E-state index contributed by atoms with van der Waals surface area (Å²) in [6.45, 7) is 0. The summed E-state index contributed by atoms with van der Waals surface area (Å²) in [6.07, 6.45) is -6.47. The van der Waals surface area contributed by atoms with E-state index in [4.69, 9.17) is 11.6 Å². The van der Waals surface area contributed by atoms with Crippen molar-refractivity contribution < 1.29 is 35.5 Å². The Bertz CT molecular complexity index is 503. The van der Waals surface area contributed by atoms with Crippen molar-refractivity contribution in [2.24, 2.45) is 0 Å². The largest absolute Gasteiger partial charge is 0.460 e. The monoisotopic (exact) mass is 345 g/mol. The molecule has 1 N–H and O–H groups in total. The molecule has 1 aromatic rings. The molecule has 0 saturated carbocycles. The fourth-order valence-corrected chi connectivity index (χ4v) is 1.70. The van der Waals surface area contributed by atoms with Crippen LogP contribution in [0.1, 0.15) is 5.01 Å². The number of halogens is 8. The molecule has 0 aliphatic rings. The molecule has 1 amide bonds. The average Bonchev–Trinajstić information content (AvgIpc) is 2.76. The lowest BCUT2D eigenvalue weighted by Gasteiger charge is -2.25. The van der Waals surface area contributed by atoms with Crippen molar-refractivity contribution in [2.45, 2.75) is 18.0 Å². The Labute approximate surface area is 114 Å². The molecule has 0 atom stereocenters. The molecule has 0 saturated heterocycles. The molecule has 114 valence electrons. The summed E-state index contributed by atoms with van der Waals surface area (Å²) in [5.74, 6) is -13.5. The number of amides is 1. The van der Waals surface area contributed by atoms with Gasteiger partial charge >= 0.3 is 18.0 Å². The van der Waals surface area contributed by atoms with Gasteiger partial charge in [-0.1, -0.05) is 11.3 Å². The highest BCUT2D eigenvalue weighted by Crippen LogP contribution is 2.52. The molecule has 4 nitrogen and oxygen atoms in total. The summed E-state index contributed by atoms with van der Waals surface area (Å²) in [5, 5.41) is 4.63. The van der Waals surface area contributed by atoms with Crippen LogP contribution in [-0.4, -0.2) is 34.1 Å². The van der Waals surface area contributed by atoms with Gasteiger partial charge in [-0.25, -0.2) is 0 Å². The van der Waals surface area contributed by atoms with Crippen LogP contribution in [0.3, 0.4) is 0 Å². The Morgan fingerprint density at radius 1 is 1.15 bits per heavy atom. The number of rotatable bonds is 4. The van der Waals surface area contributed by atoms with E-state index in [1.54, 1.807) is 5.32 Å². The molecule has 1 aromatic heterocycles. The number of nitrogens with zero attached hydrogens (tertiary/aromatic N) is 2. The minimum Gasteiger partial charge on any atom is -0.299 e. The molecule has 1 heterocycles. The summed E-state index contributed by atoms with van der Waals surface area (Å²) in [6, 6.07) is 0. The van der Waals surface area contributed by atoms with Crippen molar-refractivity contribution in [1.82, 2.24) is 10.2 Å². The minimum atomic E-state index is -6.47. The number of anilines is 1. The Hall–Kier alpha value is -1.17. The zero-order valence-electron chi connectivity index (χ0n) is 8.94. The number of hydrogen-bond acceptors (Lipinski definition) is 4. The smallest absolute Gasteiger partial charge is 0.299 e. The van der Waals surface area contributed by atoms with E-state index in [2.05, 4.69) is 10.2 Å². The van der Waals surface area contributed by atoms with Crippen LogP contribution < -0.4 is 5.32 Å². The Morgan fingerprint density at radius 3 is 2.15 bits per heavy atom. The Morgan fingerprint density at radius 2 is 1.70 bits per heavy atom. The second kappa shape index (κ2) is 5.31. The molecule has 1 rings (SSSR count). The van der Waals surface area contributed by atoms with E-state index in [0.717, 1.165) is 0 Å². The maximum absolute atomic E-state index is 13.2. The molecule has 0 aliphatic carbocycles. The van der Waals surface area contributed by atoms with Crippen LogP contribution >= 0.6 is 22.9 Å². The normalized spacial score (nSPS) is 13.4. The molecule has 0 spiro atoms. The first-order valence-electron chi connectivity index (χ1n) is 4.45. The molecule has 13 heteroatoms. The average molecular weight is 346 g/mol. The number of alkyl halides is 8. The van der Waals surface area contributed by atoms with Crippen molar-refractivity contribution in [3.8, 4) is 0 Å². The van der Waals surface area contributed by atoms with Crippen molar-refractivity contribution >= 4 is 34.0 Å². The van der Waals surface area contributed by atoms with Gasteiger partial charge in [-0.2, -0.15) is 30.7 Å². The third-order valence-corrected chi connectivity index (χ3v) is 2.96. The Kier molecular flexibility index (Phi) is 4.49. The summed E-state index contributed by atoms with van der Waals surface area (Å²) < 4.78 is 87.5. The van der Waals surface area contributed by atoms with E-state index in [-0.39, 0.29) is 11.3 Å². The first-order chi connectivity index (χ1) is 8.93. The molecule has 0 aliphatic heterocycles. The zero-order chi connectivity index (χ0) is 15.8. The second-order valence-electron chi connectivity index (χ2n) is 3.24. The fourth-order valence-electron chi connectivity index (χ4n) is 0.866. The van der Waals surface area contributed by atoms with Crippen LogP contribution in [0.15, 0.2) is 0 Å². The zero-order valence-corrected chi connectivity index (χ0v) is 10.5. The molecule has 0 bridgehead atoms. The highest BCUT2D eigenvalue weighted by atomic mass is 35.5. The quantitative estimate of drug-likeness (QED) is 0.674. The molecule has 20 heavy (non-hydrogen) atoms. The second-order valence-corrected chi connectivity index (χ2v) is 4.49. The molecule has 0 unspecified atom stereocenters. The maximum atomic E-state index is 13.2. The van der Waals surface area contributed by atoms with Crippen molar-refractivity contribution in [1.29, 1.82) is 0 Å². The van der Waals surface area contributed by atoms with Gasteiger partial charge in [0.2, 0.25) is 11.0 Å². The van der Waals surface area contributed by atoms with E-state index < -0.39 is 39.9 Å². The van der Waals surface area contributed by atoms with E-state index in [9.17, 15) is 35.5 Å². The summed E-state index contributed by atoms with van der Waals surface area (Å²) in [5.41, 5.74) is 0. The van der Waals surface area contributed by atoms with Crippen molar-refractivity contribution in [2.75, 3.05) is 11.2 Å². The van der Waals surface area contributed by atoms with Crippen LogP contribution in [0, 0.1) is 0 Å². The predicted octanol–water partition coefficient (Wildman–Crippen LogP) is 3.00. The van der Waals surface area contributed by atoms with Crippen LogP contribution in [0.25, 0.3) is 0 Å². The fraction of sp³-hybridized carbons (Fsp3) is 0.571. The minimum absolute atomic E-state index is 0.316. The topological polar surface area (TPSA) is 54.9 Å². The summed E-state index contributed by atoms with van der Waals surface area (Å²) in [4.78, 5) is 10.8. The predicted molar refractivity (Wildman–Crippen MR) is 54.2 cm³/mol. The van der Waals surface area contributed by atoms with Crippen LogP contribution in [0.2, 0.25) is 0 Å². The molecule has 0 fully saturated rings. The van der Waals surface area contributed by atoms with E-state index in [1.165, 1.54) is 0 Å². The third kappa shape index (κ3) is 2.95. The van der Waals surface area contributed by atoms with Gasteiger partial charge in [0.25, 0.3) is 0 Å². The highest BCUT2D eigenvalue weighted by molar-refractivity contribution is 7.15. The van der Waals surface area contributed by atoms with Crippen LogP contribution in [0.4, 0.5) is 35.9 Å². The molecular weight excluding hydrogens is 343 g/mol. The van der Waals surface area contributed by atoms with Gasteiger partial charge in [0.05, 0.1) is 0 Å². The van der Waals surface area contributed by atoms with Gasteiger partial charge < -0.3 is 0 Å². The van der Waals surface area contributed by atoms with Gasteiger partial charge in [-0.3, -0.25) is 10.1 Å². The summed E-state index contributed by atoms with van der Waals surface area (Å²) >= 11 is 4.74. The lowest BCUT2D eigenvalue weighted by atomic mass is 10.2. The summed E-state index contributed by atoms with van der Waals surface area (Å²) in [7, 11) is 0. The first kappa shape index (κ1) is 16.9. The third-order valence-electron chi connectivity index (χ3n) is 1.81. The molecular formula is C7H3ClF7N3OS. The van der Waals surface area contributed by atoms with Gasteiger partial charge in [-0.05, 0) is 0 Å². The molecule has 0 aromatic carbocycles. The SMILES string of the molecule is O=C(CCl)Nc1nnc(C(F)(F)C(F)(F)C(F)(F)F)s1. The van der Waals surface area contributed by atoms with Crippen LogP contribution in [-0.2, 0) is 10.7 Å². The number of hydrogen-bond donors (Lipinski definition) is 1. The maximum Gasteiger partial charge on any atom is 0.460 e. The standard InChI is InChI=1S/C7H3ClF7N3OS/c8-1-2(19)16-4-18-17-3(20-4)5(9,10)6(11,12)7(13,14)15/h1H2,(H,16,18,19). The van der Waals surface area contributed by atoms with E-state index >= 15 is 0 Å². The number of nitrogens with one attached hydrogen (secondary N) is 1. The van der Waals surface area contributed by atoms with E-state index in [1.807, 2.05) is 0 Å². The number of carbonyl (C=O) groups is 1. The van der Waals surface area contributed by atoms with Gasteiger partial charge in [0.15, 0.2) is 5.01 Å². The highest BCUT2D eigenvalue weighted by Gasteiger charge is 2.75.